The molecular weight excluding hydrogens is 372 g/mol. The van der Waals surface area contributed by atoms with E-state index in [0.717, 1.165) is 28.2 Å². The van der Waals surface area contributed by atoms with Crippen molar-refractivity contribution in [3.63, 3.8) is 0 Å². The van der Waals surface area contributed by atoms with Crippen LogP contribution in [0.2, 0.25) is 0 Å². The largest absolute Gasteiger partial charge is 0.497 e. The van der Waals surface area contributed by atoms with Gasteiger partial charge >= 0.3 is 0 Å². The number of methoxy groups -OCH3 is 2. The molecule has 5 heteroatoms. The zero-order chi connectivity index (χ0) is 19.8. The van der Waals surface area contributed by atoms with Crippen molar-refractivity contribution >= 4 is 17.3 Å². The first-order valence-electron chi connectivity index (χ1n) is 8.84. The first-order chi connectivity index (χ1) is 13.7. The number of ether oxygens (including phenoxy) is 4. The number of thiocarbonyl (C=S) groups is 1. The summed E-state index contributed by atoms with van der Waals surface area (Å²) >= 11 is 5.48. The van der Waals surface area contributed by atoms with E-state index in [2.05, 4.69) is 0 Å². The summed E-state index contributed by atoms with van der Waals surface area (Å²) in [5.41, 5.74) is 2.82. The second-order valence-corrected chi connectivity index (χ2v) is 6.43. The van der Waals surface area contributed by atoms with Crippen LogP contribution in [0.1, 0.15) is 16.7 Å². The predicted octanol–water partition coefficient (Wildman–Crippen LogP) is 5.18. The third-order valence-corrected chi connectivity index (χ3v) is 4.53. The lowest BCUT2D eigenvalue weighted by Crippen LogP contribution is -2.07. The van der Waals surface area contributed by atoms with Crippen LogP contribution in [-0.2, 0) is 18.0 Å². The summed E-state index contributed by atoms with van der Waals surface area (Å²) in [4.78, 5) is 0. The molecule has 0 aromatic heterocycles. The summed E-state index contributed by atoms with van der Waals surface area (Å²) in [5, 5.41) is 0.404. The molecule has 0 aliphatic heterocycles. The van der Waals surface area contributed by atoms with Gasteiger partial charge in [0.2, 0.25) is 0 Å². The topological polar surface area (TPSA) is 36.9 Å². The van der Waals surface area contributed by atoms with Crippen molar-refractivity contribution in [2.45, 2.75) is 13.2 Å². The second kappa shape index (κ2) is 9.76. The molecule has 0 heterocycles. The number of rotatable bonds is 8. The molecule has 0 radical (unpaired) electrons. The third kappa shape index (κ3) is 5.24. The maximum absolute atomic E-state index is 5.98. The van der Waals surface area contributed by atoms with Gasteiger partial charge < -0.3 is 18.9 Å². The van der Waals surface area contributed by atoms with E-state index in [1.54, 1.807) is 14.2 Å². The number of hydrogen-bond donors (Lipinski definition) is 0. The van der Waals surface area contributed by atoms with E-state index in [-0.39, 0.29) is 0 Å². The molecule has 0 bridgehead atoms. The smallest absolute Gasteiger partial charge is 0.195 e. The molecule has 144 valence electrons. The lowest BCUT2D eigenvalue weighted by atomic mass is 10.2. The first-order valence-corrected chi connectivity index (χ1v) is 9.25. The van der Waals surface area contributed by atoms with Crippen LogP contribution in [0.25, 0.3) is 0 Å². The van der Waals surface area contributed by atoms with E-state index >= 15 is 0 Å². The van der Waals surface area contributed by atoms with Gasteiger partial charge in [0, 0.05) is 0 Å². The van der Waals surface area contributed by atoms with Gasteiger partial charge in [-0.05, 0) is 59.7 Å². The Hall–Kier alpha value is -3.05. The normalized spacial score (nSPS) is 10.2. The van der Waals surface area contributed by atoms with Gasteiger partial charge in [0.1, 0.15) is 30.5 Å². The van der Waals surface area contributed by atoms with Crippen molar-refractivity contribution < 1.29 is 18.9 Å². The average Bonchev–Trinajstić information content (AvgIpc) is 2.77. The Kier molecular flexibility index (Phi) is 6.87. The van der Waals surface area contributed by atoms with Crippen molar-refractivity contribution in [1.82, 2.24) is 0 Å². The van der Waals surface area contributed by atoms with Crippen LogP contribution in [0, 0.1) is 0 Å². The fourth-order valence-electron chi connectivity index (χ4n) is 2.59. The number of hydrogen-bond acceptors (Lipinski definition) is 5. The van der Waals surface area contributed by atoms with E-state index in [9.17, 15) is 0 Å². The van der Waals surface area contributed by atoms with Gasteiger partial charge in [0.25, 0.3) is 0 Å². The summed E-state index contributed by atoms with van der Waals surface area (Å²) in [6.07, 6.45) is 0. The van der Waals surface area contributed by atoms with Crippen LogP contribution < -0.4 is 14.2 Å². The second-order valence-electron chi connectivity index (χ2n) is 6.06. The molecule has 0 fully saturated rings. The maximum Gasteiger partial charge on any atom is 0.195 e. The summed E-state index contributed by atoms with van der Waals surface area (Å²) in [5.74, 6) is 2.32. The number of para-hydroxylation sites is 1. The van der Waals surface area contributed by atoms with Gasteiger partial charge in [-0.3, -0.25) is 0 Å². The van der Waals surface area contributed by atoms with Crippen LogP contribution >= 0.6 is 12.2 Å². The Bertz CT molecular complexity index is 905. The van der Waals surface area contributed by atoms with Gasteiger partial charge in [-0.2, -0.15) is 0 Å². The summed E-state index contributed by atoms with van der Waals surface area (Å²) < 4.78 is 22.1. The molecule has 0 saturated heterocycles. The summed E-state index contributed by atoms with van der Waals surface area (Å²) in [6.45, 7) is 0.817. The van der Waals surface area contributed by atoms with Gasteiger partial charge in [-0.15, -0.1) is 0 Å². The fraction of sp³-hybridized carbons (Fsp3) is 0.174. The van der Waals surface area contributed by atoms with E-state index in [4.69, 9.17) is 31.2 Å². The molecule has 0 amide bonds. The van der Waals surface area contributed by atoms with Crippen LogP contribution in [-0.4, -0.2) is 19.3 Å². The van der Waals surface area contributed by atoms with Crippen LogP contribution in [0.5, 0.6) is 17.2 Å². The number of benzene rings is 3. The lowest BCUT2D eigenvalue weighted by molar-refractivity contribution is 0.289. The Morgan fingerprint density at radius 1 is 0.714 bits per heavy atom. The fourth-order valence-corrected chi connectivity index (χ4v) is 2.82. The minimum absolute atomic E-state index is 0.385. The molecule has 3 rings (SSSR count). The highest BCUT2D eigenvalue weighted by Gasteiger charge is 2.10. The Morgan fingerprint density at radius 3 is 1.82 bits per heavy atom. The van der Waals surface area contributed by atoms with Crippen molar-refractivity contribution in [3.8, 4) is 17.2 Å². The minimum Gasteiger partial charge on any atom is -0.497 e. The Morgan fingerprint density at radius 2 is 1.25 bits per heavy atom. The van der Waals surface area contributed by atoms with Gasteiger partial charge in [0.05, 0.1) is 19.8 Å². The lowest BCUT2D eigenvalue weighted by Gasteiger charge is -2.13. The Labute approximate surface area is 170 Å². The molecule has 3 aromatic carbocycles. The van der Waals surface area contributed by atoms with Gasteiger partial charge in [-0.25, -0.2) is 0 Å². The molecule has 28 heavy (non-hydrogen) atoms. The van der Waals surface area contributed by atoms with Crippen molar-refractivity contribution in [3.05, 3.63) is 89.5 Å². The third-order valence-electron chi connectivity index (χ3n) is 4.19. The summed E-state index contributed by atoms with van der Waals surface area (Å²) in [6, 6.07) is 23.1. The standard InChI is InChI=1S/C23H22O4S/c1-24-19-11-7-17(8-12-19)15-26-22-6-4-3-5-21(22)23(28)27-16-18-9-13-20(25-2)14-10-18/h3-14H,15-16H2,1-2H3. The van der Waals surface area contributed by atoms with E-state index in [0.29, 0.717) is 24.0 Å². The van der Waals surface area contributed by atoms with Crippen molar-refractivity contribution in [1.29, 1.82) is 0 Å². The van der Waals surface area contributed by atoms with Crippen LogP contribution in [0.15, 0.2) is 72.8 Å². The first kappa shape index (κ1) is 19.7. The highest BCUT2D eigenvalue weighted by molar-refractivity contribution is 7.80. The molecule has 0 saturated carbocycles. The van der Waals surface area contributed by atoms with Crippen LogP contribution in [0.3, 0.4) is 0 Å². The average molecular weight is 394 g/mol. The van der Waals surface area contributed by atoms with Crippen molar-refractivity contribution in [2.75, 3.05) is 14.2 Å². The Balaban J connectivity index is 1.62. The quantitative estimate of drug-likeness (QED) is 0.493. The van der Waals surface area contributed by atoms with E-state index in [1.165, 1.54) is 0 Å². The van der Waals surface area contributed by atoms with E-state index < -0.39 is 0 Å². The molecule has 0 aliphatic rings. The molecule has 0 unspecified atom stereocenters. The minimum atomic E-state index is 0.385. The molecule has 0 N–H and O–H groups in total. The van der Waals surface area contributed by atoms with Crippen LogP contribution in [0.4, 0.5) is 0 Å². The van der Waals surface area contributed by atoms with Crippen molar-refractivity contribution in [2.24, 2.45) is 0 Å². The zero-order valence-corrected chi connectivity index (χ0v) is 16.7. The molecule has 3 aromatic rings. The SMILES string of the molecule is COc1ccc(COC(=S)c2ccccc2OCc2ccc(OC)cc2)cc1. The molecule has 0 spiro atoms. The molecule has 0 atom stereocenters. The molecule has 4 nitrogen and oxygen atoms in total. The van der Waals surface area contributed by atoms with E-state index in [1.807, 2.05) is 72.8 Å². The maximum atomic E-state index is 5.98. The monoisotopic (exact) mass is 394 g/mol. The molecular formula is C23H22O4S. The van der Waals surface area contributed by atoms with Gasteiger partial charge in [-0.1, -0.05) is 36.4 Å². The highest BCUT2D eigenvalue weighted by atomic mass is 32.1. The highest BCUT2D eigenvalue weighted by Crippen LogP contribution is 2.22. The predicted molar refractivity (Wildman–Crippen MR) is 113 cm³/mol. The zero-order valence-electron chi connectivity index (χ0n) is 15.9. The summed E-state index contributed by atoms with van der Waals surface area (Å²) in [7, 11) is 3.29. The van der Waals surface area contributed by atoms with Gasteiger partial charge in [0.15, 0.2) is 5.05 Å². The molecule has 0 aliphatic carbocycles.